The van der Waals surface area contributed by atoms with Crippen LogP contribution in [0.15, 0.2) is 59.8 Å². The molecule has 1 heterocycles. The number of carbonyl (C=O) groups excluding carboxylic acids is 1. The second-order valence-corrected chi connectivity index (χ2v) is 8.47. The van der Waals surface area contributed by atoms with Crippen LogP contribution in [0.4, 0.5) is 0 Å². The second kappa shape index (κ2) is 10.0. The van der Waals surface area contributed by atoms with E-state index < -0.39 is 11.5 Å². The zero-order valence-corrected chi connectivity index (χ0v) is 18.1. The fourth-order valence-corrected chi connectivity index (χ4v) is 3.62. The van der Waals surface area contributed by atoms with Crippen LogP contribution in [0.25, 0.3) is 0 Å². The van der Waals surface area contributed by atoms with E-state index >= 15 is 0 Å². The number of amides is 1. The molecular formula is C23H26BClN2O3. The third-order valence-electron chi connectivity index (χ3n) is 4.83. The third kappa shape index (κ3) is 6.02. The van der Waals surface area contributed by atoms with Crippen molar-refractivity contribution in [1.29, 1.82) is 0 Å². The van der Waals surface area contributed by atoms with Crippen LogP contribution in [-0.2, 0) is 16.1 Å². The first-order valence-electron chi connectivity index (χ1n) is 10.1. The van der Waals surface area contributed by atoms with Crippen molar-refractivity contribution in [2.24, 2.45) is 11.1 Å². The highest BCUT2D eigenvalue weighted by Gasteiger charge is 2.47. The predicted octanol–water partition coefficient (Wildman–Crippen LogP) is 4.13. The van der Waals surface area contributed by atoms with Gasteiger partial charge in [0.05, 0.1) is 13.6 Å². The molecule has 5 nitrogen and oxygen atoms in total. The molecule has 0 aromatic heterocycles. The highest BCUT2D eigenvalue weighted by molar-refractivity contribution is 6.30. The van der Waals surface area contributed by atoms with Crippen LogP contribution >= 0.6 is 11.6 Å². The van der Waals surface area contributed by atoms with Crippen molar-refractivity contribution in [3.8, 4) is 5.75 Å². The van der Waals surface area contributed by atoms with E-state index in [9.17, 15) is 4.79 Å². The van der Waals surface area contributed by atoms with E-state index in [1.165, 1.54) is 0 Å². The van der Waals surface area contributed by atoms with Crippen molar-refractivity contribution in [3.05, 3.63) is 65.2 Å². The summed E-state index contributed by atoms with van der Waals surface area (Å²) in [6.07, 6.45) is 1.39. The second-order valence-electron chi connectivity index (χ2n) is 8.04. The molecule has 1 N–H and O–H groups in total. The molecule has 0 spiro atoms. The van der Waals surface area contributed by atoms with Crippen molar-refractivity contribution >= 4 is 31.1 Å². The molecule has 2 atom stereocenters. The SMILES string of the molecule is [B][C@H](CC(C)C)NC(=O)C1(Cc2ccccc2)CC(COc2cccc(Cl)c2)=NO1. The molecule has 7 heteroatoms. The highest BCUT2D eigenvalue weighted by Crippen LogP contribution is 2.30. The summed E-state index contributed by atoms with van der Waals surface area (Å²) < 4.78 is 5.78. The Morgan fingerprint density at radius 1 is 1.27 bits per heavy atom. The molecule has 0 aliphatic carbocycles. The summed E-state index contributed by atoms with van der Waals surface area (Å²) >= 11 is 6.00. The van der Waals surface area contributed by atoms with E-state index in [0.717, 1.165) is 5.56 Å². The van der Waals surface area contributed by atoms with E-state index in [0.29, 0.717) is 41.7 Å². The Hall–Kier alpha value is -2.47. The molecule has 1 unspecified atom stereocenters. The minimum atomic E-state index is -1.15. The summed E-state index contributed by atoms with van der Waals surface area (Å²) in [4.78, 5) is 18.9. The van der Waals surface area contributed by atoms with Crippen molar-refractivity contribution in [2.75, 3.05) is 6.61 Å². The minimum Gasteiger partial charge on any atom is -0.487 e. The number of rotatable bonds is 9. The molecule has 2 aromatic rings. The summed E-state index contributed by atoms with van der Waals surface area (Å²) in [5.74, 6) is 0.295. The Morgan fingerprint density at radius 2 is 2.03 bits per heavy atom. The normalized spacial score (nSPS) is 19.1. The van der Waals surface area contributed by atoms with Gasteiger partial charge in [-0.15, -0.1) is 0 Å². The maximum Gasteiger partial charge on any atom is 0.267 e. The molecule has 2 radical (unpaired) electrons. The summed E-state index contributed by atoms with van der Waals surface area (Å²) in [7, 11) is 6.12. The molecule has 0 bridgehead atoms. The summed E-state index contributed by atoms with van der Waals surface area (Å²) in [6.45, 7) is 4.33. The maximum absolute atomic E-state index is 13.2. The van der Waals surface area contributed by atoms with Gasteiger partial charge in [0.25, 0.3) is 5.91 Å². The largest absolute Gasteiger partial charge is 0.487 e. The predicted molar refractivity (Wildman–Crippen MR) is 120 cm³/mol. The molecule has 0 saturated carbocycles. The van der Waals surface area contributed by atoms with Crippen LogP contribution in [0.5, 0.6) is 5.75 Å². The van der Waals surface area contributed by atoms with E-state index in [4.69, 9.17) is 29.0 Å². The van der Waals surface area contributed by atoms with Crippen molar-refractivity contribution in [3.63, 3.8) is 0 Å². The Bertz CT molecular complexity index is 891. The number of benzene rings is 2. The first kappa shape index (κ1) is 22.2. The fourth-order valence-electron chi connectivity index (χ4n) is 3.44. The van der Waals surface area contributed by atoms with Gasteiger partial charge in [0.1, 0.15) is 12.4 Å². The smallest absolute Gasteiger partial charge is 0.267 e. The van der Waals surface area contributed by atoms with Gasteiger partial charge >= 0.3 is 0 Å². The number of carbonyl (C=O) groups is 1. The van der Waals surface area contributed by atoms with Crippen molar-refractivity contribution in [2.45, 2.75) is 44.7 Å². The topological polar surface area (TPSA) is 59.9 Å². The van der Waals surface area contributed by atoms with E-state index in [1.807, 2.05) is 42.5 Å². The van der Waals surface area contributed by atoms with Gasteiger partial charge in [-0.05, 0) is 42.0 Å². The lowest BCUT2D eigenvalue weighted by Gasteiger charge is -2.28. The Morgan fingerprint density at radius 3 is 2.73 bits per heavy atom. The lowest BCUT2D eigenvalue weighted by atomic mass is 9.85. The fraction of sp³-hybridized carbons (Fsp3) is 0.391. The van der Waals surface area contributed by atoms with E-state index in [-0.39, 0.29) is 12.5 Å². The van der Waals surface area contributed by atoms with Crippen LogP contribution in [0.1, 0.15) is 32.3 Å². The van der Waals surface area contributed by atoms with E-state index in [2.05, 4.69) is 24.3 Å². The van der Waals surface area contributed by atoms with Crippen molar-refractivity contribution < 1.29 is 14.4 Å². The summed E-state index contributed by atoms with van der Waals surface area (Å²) in [5.41, 5.74) is 0.485. The standard InChI is InChI=1S/C23H26BClN2O3/c1-16(2)11-21(24)26-22(28)23(13-17-7-4-3-5-8-17)14-19(27-30-23)15-29-20-10-6-9-18(25)12-20/h3-10,12,16,21H,11,13-15H2,1-2H3,(H,26,28)/t21-,23?/m0/s1. The number of hydrogen-bond donors (Lipinski definition) is 1. The van der Waals surface area contributed by atoms with Gasteiger partial charge in [-0.2, -0.15) is 0 Å². The molecule has 1 aliphatic heterocycles. The van der Waals surface area contributed by atoms with Crippen LogP contribution in [0.2, 0.25) is 5.02 Å². The highest BCUT2D eigenvalue weighted by atomic mass is 35.5. The van der Waals surface area contributed by atoms with Crippen LogP contribution < -0.4 is 10.1 Å². The zero-order valence-electron chi connectivity index (χ0n) is 17.3. The molecule has 156 valence electrons. The van der Waals surface area contributed by atoms with Gasteiger partial charge in [-0.25, -0.2) is 0 Å². The molecule has 2 aromatic carbocycles. The Balaban J connectivity index is 1.70. The van der Waals surface area contributed by atoms with Gasteiger partial charge in [-0.1, -0.05) is 67.0 Å². The third-order valence-corrected chi connectivity index (χ3v) is 5.06. The maximum atomic E-state index is 13.2. The van der Waals surface area contributed by atoms with Crippen LogP contribution in [-0.4, -0.2) is 37.6 Å². The minimum absolute atomic E-state index is 0.211. The number of oxime groups is 1. The number of nitrogens with one attached hydrogen (secondary N) is 1. The van der Waals surface area contributed by atoms with Crippen molar-refractivity contribution in [1.82, 2.24) is 5.32 Å². The first-order chi connectivity index (χ1) is 14.4. The molecule has 0 saturated heterocycles. The molecule has 0 fully saturated rings. The summed E-state index contributed by atoms with van der Waals surface area (Å²) in [6, 6.07) is 16.9. The monoisotopic (exact) mass is 424 g/mol. The first-order valence-corrected chi connectivity index (χ1v) is 10.5. The molecule has 3 rings (SSSR count). The average molecular weight is 425 g/mol. The number of ether oxygens (including phenoxy) is 1. The van der Waals surface area contributed by atoms with E-state index in [1.54, 1.807) is 12.1 Å². The number of nitrogens with zero attached hydrogens (tertiary/aromatic N) is 1. The zero-order chi connectivity index (χ0) is 21.6. The molecule has 1 aliphatic rings. The lowest BCUT2D eigenvalue weighted by molar-refractivity contribution is -0.144. The Labute approximate surface area is 184 Å². The quantitative estimate of drug-likeness (QED) is 0.616. The van der Waals surface area contributed by atoms with Gasteiger partial charge in [0, 0.05) is 17.9 Å². The molecule has 1 amide bonds. The number of halogens is 1. The lowest BCUT2D eigenvalue weighted by Crippen LogP contribution is -2.52. The Kier molecular flexibility index (Phi) is 7.43. The number of hydrogen-bond acceptors (Lipinski definition) is 4. The van der Waals surface area contributed by atoms with Gasteiger partial charge in [-0.3, -0.25) is 4.79 Å². The molecule has 30 heavy (non-hydrogen) atoms. The van der Waals surface area contributed by atoms with Gasteiger partial charge in [0.15, 0.2) is 0 Å². The summed E-state index contributed by atoms with van der Waals surface area (Å²) in [5, 5.41) is 7.66. The van der Waals surface area contributed by atoms with Gasteiger partial charge < -0.3 is 14.9 Å². The van der Waals surface area contributed by atoms with Crippen LogP contribution in [0, 0.1) is 5.92 Å². The van der Waals surface area contributed by atoms with Crippen LogP contribution in [0.3, 0.4) is 0 Å². The average Bonchev–Trinajstić information content (AvgIpc) is 3.11. The molecular weight excluding hydrogens is 399 g/mol. The van der Waals surface area contributed by atoms with Gasteiger partial charge in [0.2, 0.25) is 5.60 Å².